The lowest BCUT2D eigenvalue weighted by Crippen LogP contribution is -2.53. The van der Waals surface area contributed by atoms with Gasteiger partial charge in [0.25, 0.3) is 5.91 Å². The first-order valence-corrected chi connectivity index (χ1v) is 10.8. The molecule has 3 fully saturated rings. The van der Waals surface area contributed by atoms with Crippen LogP contribution >= 0.6 is 11.6 Å². The van der Waals surface area contributed by atoms with Gasteiger partial charge < -0.3 is 19.6 Å². The van der Waals surface area contributed by atoms with Crippen LogP contribution in [0.3, 0.4) is 0 Å². The molecule has 4 amide bonds. The summed E-state index contributed by atoms with van der Waals surface area (Å²) in [5.41, 5.74) is -0.245. The Bertz CT molecular complexity index is 881. The summed E-state index contributed by atoms with van der Waals surface area (Å²) in [6.07, 6.45) is 2.20. The Balaban J connectivity index is 1.57. The fraction of sp³-hybridized carbons (Fsp3) is 0.591. The van der Waals surface area contributed by atoms with Crippen molar-refractivity contribution in [1.29, 1.82) is 0 Å². The number of urea groups is 1. The van der Waals surface area contributed by atoms with Crippen LogP contribution in [-0.4, -0.2) is 91.3 Å². The summed E-state index contributed by atoms with van der Waals surface area (Å²) in [5, 5.41) is 0.543. The van der Waals surface area contributed by atoms with Gasteiger partial charge in [0.05, 0.1) is 5.41 Å². The number of hydrogen-bond donors (Lipinski definition) is 0. The van der Waals surface area contributed by atoms with Crippen LogP contribution in [0.15, 0.2) is 24.3 Å². The Morgan fingerprint density at radius 2 is 1.73 bits per heavy atom. The minimum atomic E-state index is -0.543. The van der Waals surface area contributed by atoms with E-state index in [1.807, 2.05) is 16.8 Å². The highest BCUT2D eigenvalue weighted by atomic mass is 35.5. The van der Waals surface area contributed by atoms with Crippen LogP contribution in [0.25, 0.3) is 0 Å². The third-order valence-corrected chi connectivity index (χ3v) is 7.57. The van der Waals surface area contributed by atoms with Crippen molar-refractivity contribution in [2.75, 3.05) is 53.9 Å². The summed E-state index contributed by atoms with van der Waals surface area (Å²) >= 11 is 6.05. The van der Waals surface area contributed by atoms with Gasteiger partial charge in [-0.2, -0.15) is 0 Å². The zero-order valence-corrected chi connectivity index (χ0v) is 18.6. The molecule has 0 bridgehead atoms. The van der Waals surface area contributed by atoms with E-state index in [2.05, 4.69) is 0 Å². The average Bonchev–Trinajstić information content (AvgIpc) is 3.20. The smallest absolute Gasteiger partial charge is 0.319 e. The standard InChI is InChI=1S/C22H29ClN4O3/c1-24(2)20(30)27-14-21(22(15-27)9-10-25(3)19(22)29)7-11-26(12-8-21)18(28)16-5-4-6-17(23)13-16/h4-6,13H,7-12,14-15H2,1-3H3. The van der Waals surface area contributed by atoms with E-state index in [1.54, 1.807) is 48.2 Å². The Hall–Kier alpha value is -2.28. The lowest BCUT2D eigenvalue weighted by molar-refractivity contribution is -0.141. The first-order valence-electron chi connectivity index (χ1n) is 10.5. The van der Waals surface area contributed by atoms with Crippen LogP contribution in [0.4, 0.5) is 4.79 Å². The topological polar surface area (TPSA) is 64.2 Å². The van der Waals surface area contributed by atoms with Crippen molar-refractivity contribution < 1.29 is 14.4 Å². The van der Waals surface area contributed by atoms with Gasteiger partial charge in [0.2, 0.25) is 5.91 Å². The van der Waals surface area contributed by atoms with Gasteiger partial charge in [0, 0.05) is 69.9 Å². The molecule has 1 aromatic carbocycles. The molecular formula is C22H29ClN4O3. The fourth-order valence-corrected chi connectivity index (χ4v) is 5.82. The Morgan fingerprint density at radius 3 is 2.30 bits per heavy atom. The molecule has 8 heteroatoms. The molecule has 4 rings (SSSR count). The second-order valence-corrected chi connectivity index (χ2v) is 9.61. The fourth-order valence-electron chi connectivity index (χ4n) is 5.63. The van der Waals surface area contributed by atoms with Crippen molar-refractivity contribution in [2.45, 2.75) is 19.3 Å². The molecule has 3 heterocycles. The van der Waals surface area contributed by atoms with Gasteiger partial charge in [-0.3, -0.25) is 9.59 Å². The van der Waals surface area contributed by atoms with E-state index >= 15 is 0 Å². The monoisotopic (exact) mass is 432 g/mol. The molecule has 30 heavy (non-hydrogen) atoms. The molecule has 0 aliphatic carbocycles. The SMILES string of the molecule is CN(C)C(=O)N1CC2(CCN(C(=O)c3cccc(Cl)c3)CC2)C2(CCN(C)C2=O)C1. The second kappa shape index (κ2) is 7.45. The van der Waals surface area contributed by atoms with Crippen LogP contribution in [0.1, 0.15) is 29.6 Å². The highest BCUT2D eigenvalue weighted by Crippen LogP contribution is 2.57. The molecule has 0 saturated carbocycles. The van der Waals surface area contributed by atoms with Crippen molar-refractivity contribution in [3.63, 3.8) is 0 Å². The van der Waals surface area contributed by atoms with Gasteiger partial charge in [-0.25, -0.2) is 4.79 Å². The molecule has 3 saturated heterocycles. The lowest BCUT2D eigenvalue weighted by atomic mass is 9.60. The molecular weight excluding hydrogens is 404 g/mol. The predicted octanol–water partition coefficient (Wildman–Crippen LogP) is 2.41. The zero-order chi connectivity index (χ0) is 21.7. The van der Waals surface area contributed by atoms with E-state index in [-0.39, 0.29) is 23.3 Å². The maximum atomic E-state index is 13.3. The average molecular weight is 433 g/mol. The minimum Gasteiger partial charge on any atom is -0.345 e. The number of fused-ring (bicyclic) bond motifs is 1. The third kappa shape index (κ3) is 3.14. The van der Waals surface area contributed by atoms with Crippen molar-refractivity contribution >= 4 is 29.4 Å². The summed E-state index contributed by atoms with van der Waals surface area (Å²) in [6.45, 7) is 2.91. The van der Waals surface area contributed by atoms with Gasteiger partial charge in [-0.1, -0.05) is 17.7 Å². The van der Waals surface area contributed by atoms with Gasteiger partial charge in [-0.05, 0) is 37.5 Å². The Kier molecular flexibility index (Phi) is 5.21. The van der Waals surface area contributed by atoms with E-state index in [1.165, 1.54) is 0 Å². The molecule has 162 valence electrons. The molecule has 0 radical (unpaired) electrons. The highest BCUT2D eigenvalue weighted by molar-refractivity contribution is 6.30. The lowest BCUT2D eigenvalue weighted by Gasteiger charge is -2.46. The van der Waals surface area contributed by atoms with Gasteiger partial charge in [0.15, 0.2) is 0 Å². The number of likely N-dealkylation sites (tertiary alicyclic amines) is 3. The van der Waals surface area contributed by atoms with E-state index in [9.17, 15) is 14.4 Å². The number of hydrogen-bond acceptors (Lipinski definition) is 3. The van der Waals surface area contributed by atoms with Crippen molar-refractivity contribution in [3.05, 3.63) is 34.9 Å². The quantitative estimate of drug-likeness (QED) is 0.684. The van der Waals surface area contributed by atoms with Crippen LogP contribution in [0.2, 0.25) is 5.02 Å². The zero-order valence-electron chi connectivity index (χ0n) is 17.9. The summed E-state index contributed by atoms with van der Waals surface area (Å²) in [6, 6.07) is 6.96. The minimum absolute atomic E-state index is 0.0320. The normalized spacial score (nSPS) is 25.5. The molecule has 2 spiro atoms. The van der Waals surface area contributed by atoms with Crippen LogP contribution in [-0.2, 0) is 4.79 Å². The van der Waals surface area contributed by atoms with Crippen molar-refractivity contribution in [3.8, 4) is 0 Å². The molecule has 7 nitrogen and oxygen atoms in total. The largest absolute Gasteiger partial charge is 0.345 e. The number of carbonyl (C=O) groups excluding carboxylic acids is 3. The molecule has 0 aromatic heterocycles. The first-order chi connectivity index (χ1) is 14.2. The van der Waals surface area contributed by atoms with Crippen LogP contribution in [0, 0.1) is 10.8 Å². The van der Waals surface area contributed by atoms with E-state index in [4.69, 9.17) is 11.6 Å². The predicted molar refractivity (Wildman–Crippen MR) is 114 cm³/mol. The van der Waals surface area contributed by atoms with Gasteiger partial charge in [0.1, 0.15) is 0 Å². The first kappa shape index (κ1) is 21.0. The van der Waals surface area contributed by atoms with Crippen LogP contribution < -0.4 is 0 Å². The molecule has 1 unspecified atom stereocenters. The van der Waals surface area contributed by atoms with Crippen molar-refractivity contribution in [2.24, 2.45) is 10.8 Å². The number of amides is 4. The molecule has 1 aromatic rings. The molecule has 3 aliphatic heterocycles. The number of benzene rings is 1. The molecule has 3 aliphatic rings. The summed E-state index contributed by atoms with van der Waals surface area (Å²) in [4.78, 5) is 46.1. The summed E-state index contributed by atoms with van der Waals surface area (Å²) in [7, 11) is 5.34. The second-order valence-electron chi connectivity index (χ2n) is 9.17. The number of rotatable bonds is 1. The number of carbonyl (C=O) groups is 3. The van der Waals surface area contributed by atoms with E-state index in [0.717, 1.165) is 25.8 Å². The van der Waals surface area contributed by atoms with Crippen LogP contribution in [0.5, 0.6) is 0 Å². The number of halogens is 1. The Morgan fingerprint density at radius 1 is 1.03 bits per heavy atom. The third-order valence-electron chi connectivity index (χ3n) is 7.33. The molecule has 1 atom stereocenters. The number of nitrogens with zero attached hydrogens (tertiary/aromatic N) is 4. The van der Waals surface area contributed by atoms with E-state index < -0.39 is 5.41 Å². The van der Waals surface area contributed by atoms with Gasteiger partial charge >= 0.3 is 6.03 Å². The Labute approximate surface area is 182 Å². The highest BCUT2D eigenvalue weighted by Gasteiger charge is 2.65. The summed E-state index contributed by atoms with van der Waals surface area (Å²) < 4.78 is 0. The molecule has 0 N–H and O–H groups in total. The van der Waals surface area contributed by atoms with E-state index in [0.29, 0.717) is 36.8 Å². The number of piperidine rings is 1. The summed E-state index contributed by atoms with van der Waals surface area (Å²) in [5.74, 6) is 0.113. The van der Waals surface area contributed by atoms with Crippen molar-refractivity contribution in [1.82, 2.24) is 19.6 Å². The maximum Gasteiger partial charge on any atom is 0.319 e. The van der Waals surface area contributed by atoms with Gasteiger partial charge in [-0.15, -0.1) is 0 Å². The maximum absolute atomic E-state index is 13.3.